The van der Waals surface area contributed by atoms with Gasteiger partial charge in [0, 0.05) is 47.8 Å². The highest BCUT2D eigenvalue weighted by molar-refractivity contribution is 14.1. The number of piperazine rings is 1. The zero-order valence-corrected chi connectivity index (χ0v) is 14.8. The Morgan fingerprint density at radius 3 is 2.45 bits per heavy atom. The fourth-order valence-corrected chi connectivity index (χ4v) is 3.11. The number of halogens is 6. The lowest BCUT2D eigenvalue weighted by Crippen LogP contribution is -2.45. The van der Waals surface area contributed by atoms with Gasteiger partial charge in [0.25, 0.3) is 0 Å². The topological polar surface area (TPSA) is 15.3 Å². The second kappa shape index (κ2) is 8.65. The van der Waals surface area contributed by atoms with Crippen LogP contribution < -0.4 is 5.32 Å². The van der Waals surface area contributed by atoms with Gasteiger partial charge >= 0.3 is 6.18 Å². The van der Waals surface area contributed by atoms with E-state index in [-0.39, 0.29) is 18.8 Å². The van der Waals surface area contributed by atoms with Crippen molar-refractivity contribution in [2.75, 3.05) is 26.2 Å². The third-order valence-corrected chi connectivity index (χ3v) is 4.28. The van der Waals surface area contributed by atoms with Gasteiger partial charge in [-0.3, -0.25) is 4.90 Å². The zero-order valence-electron chi connectivity index (χ0n) is 11.8. The molecule has 0 aromatic heterocycles. The summed E-state index contributed by atoms with van der Waals surface area (Å²) >= 11 is 2.05. The Balaban J connectivity index is 0.00000242. The Labute approximate surface area is 147 Å². The lowest BCUT2D eigenvalue weighted by molar-refractivity contribution is -0.138. The van der Waals surface area contributed by atoms with E-state index < -0.39 is 24.5 Å². The monoisotopic (exact) mass is 452 g/mol. The van der Waals surface area contributed by atoms with E-state index in [0.29, 0.717) is 31.7 Å². The molecule has 0 unspecified atom stereocenters. The fraction of sp³-hybridized carbons (Fsp3) is 0.571. The fourth-order valence-electron chi connectivity index (χ4n) is 2.60. The smallest absolute Gasteiger partial charge is 0.314 e. The highest BCUT2D eigenvalue weighted by atomic mass is 127. The quantitative estimate of drug-likeness (QED) is 0.546. The van der Waals surface area contributed by atoms with Gasteiger partial charge in [-0.1, -0.05) is 0 Å². The van der Waals surface area contributed by atoms with Crippen molar-refractivity contribution in [3.63, 3.8) is 0 Å². The number of alkyl halides is 3. The maximum Gasteiger partial charge on any atom is 0.389 e. The maximum absolute atomic E-state index is 14.1. The molecule has 1 N–H and O–H groups in total. The maximum atomic E-state index is 14.1. The first-order chi connectivity index (χ1) is 9.87. The van der Waals surface area contributed by atoms with E-state index in [1.807, 2.05) is 4.90 Å². The molecule has 2 rings (SSSR count). The van der Waals surface area contributed by atoms with Crippen LogP contribution >= 0.6 is 35.0 Å². The molecule has 0 radical (unpaired) electrons. The standard InChI is InChI=1S/C14H17F4IN2.ClH/c15-12-2-1-10(19)9-11(12)13(3-4-14(16,17)18)21-7-5-20-6-8-21;/h1-2,9,13,20H,3-8H2;1H/t13-;/m1./s1. The molecule has 2 nitrogen and oxygen atoms in total. The van der Waals surface area contributed by atoms with Gasteiger partial charge in [-0.15, -0.1) is 12.4 Å². The number of benzene rings is 1. The Morgan fingerprint density at radius 1 is 1.23 bits per heavy atom. The van der Waals surface area contributed by atoms with Gasteiger partial charge in [0.15, 0.2) is 0 Å². The van der Waals surface area contributed by atoms with Gasteiger partial charge in [0.1, 0.15) is 5.82 Å². The van der Waals surface area contributed by atoms with Crippen LogP contribution in [0.4, 0.5) is 17.6 Å². The first-order valence-electron chi connectivity index (χ1n) is 6.83. The van der Waals surface area contributed by atoms with Crippen LogP contribution in [0.5, 0.6) is 0 Å². The average molecular weight is 453 g/mol. The molecule has 1 fully saturated rings. The number of rotatable bonds is 4. The van der Waals surface area contributed by atoms with Crippen LogP contribution in [0.1, 0.15) is 24.4 Å². The second-order valence-electron chi connectivity index (χ2n) is 5.12. The van der Waals surface area contributed by atoms with Gasteiger partial charge in [-0.05, 0) is 47.2 Å². The van der Waals surface area contributed by atoms with Crippen LogP contribution in [-0.4, -0.2) is 37.3 Å². The minimum atomic E-state index is -4.22. The van der Waals surface area contributed by atoms with Gasteiger partial charge in [-0.2, -0.15) is 13.2 Å². The van der Waals surface area contributed by atoms with Crippen molar-refractivity contribution < 1.29 is 17.6 Å². The van der Waals surface area contributed by atoms with Gasteiger partial charge in [0.2, 0.25) is 0 Å². The first kappa shape index (κ1) is 19.9. The number of hydrogen-bond donors (Lipinski definition) is 1. The molecule has 0 spiro atoms. The molecule has 126 valence electrons. The molecule has 1 atom stereocenters. The molecule has 0 bridgehead atoms. The van der Waals surface area contributed by atoms with E-state index in [0.717, 1.165) is 3.57 Å². The molecule has 0 amide bonds. The summed E-state index contributed by atoms with van der Waals surface area (Å²) in [5.74, 6) is -0.430. The summed E-state index contributed by atoms with van der Waals surface area (Å²) in [6, 6.07) is 4.08. The highest BCUT2D eigenvalue weighted by Crippen LogP contribution is 2.33. The van der Waals surface area contributed by atoms with Crippen molar-refractivity contribution >= 4 is 35.0 Å². The normalized spacial score (nSPS) is 17.9. The summed E-state index contributed by atoms with van der Waals surface area (Å²) in [6.07, 6.45) is -5.22. The second-order valence-corrected chi connectivity index (χ2v) is 6.37. The van der Waals surface area contributed by atoms with Crippen LogP contribution in [0, 0.1) is 9.39 Å². The SMILES string of the molecule is Cl.Fc1ccc(I)cc1[C@@H](CCC(F)(F)F)N1CCNCC1. The van der Waals surface area contributed by atoms with E-state index in [1.54, 1.807) is 12.1 Å². The summed E-state index contributed by atoms with van der Waals surface area (Å²) in [6.45, 7) is 2.70. The molecule has 8 heteroatoms. The Morgan fingerprint density at radius 2 is 1.86 bits per heavy atom. The van der Waals surface area contributed by atoms with E-state index in [4.69, 9.17) is 0 Å². The lowest BCUT2D eigenvalue weighted by atomic mass is 9.98. The lowest BCUT2D eigenvalue weighted by Gasteiger charge is -2.35. The number of nitrogens with zero attached hydrogens (tertiary/aromatic N) is 1. The van der Waals surface area contributed by atoms with Crippen LogP contribution in [0.15, 0.2) is 18.2 Å². The molecule has 1 heterocycles. The van der Waals surface area contributed by atoms with Gasteiger partial charge in [-0.25, -0.2) is 4.39 Å². The summed E-state index contributed by atoms with van der Waals surface area (Å²) in [4.78, 5) is 1.94. The third kappa shape index (κ3) is 5.82. The predicted octanol–water partition coefficient (Wildman–Crippen LogP) is 4.14. The zero-order chi connectivity index (χ0) is 15.5. The average Bonchev–Trinajstić information content (AvgIpc) is 2.43. The van der Waals surface area contributed by atoms with Gasteiger partial charge in [0.05, 0.1) is 0 Å². The van der Waals surface area contributed by atoms with E-state index in [9.17, 15) is 17.6 Å². The summed E-state index contributed by atoms with van der Waals surface area (Å²) in [5, 5.41) is 3.16. The van der Waals surface area contributed by atoms with Crippen LogP contribution in [0.3, 0.4) is 0 Å². The Bertz CT molecular complexity index is 478. The van der Waals surface area contributed by atoms with Crippen molar-refractivity contribution in [1.29, 1.82) is 0 Å². The predicted molar refractivity (Wildman–Crippen MR) is 88.8 cm³/mol. The van der Waals surface area contributed by atoms with Crippen molar-refractivity contribution in [2.24, 2.45) is 0 Å². The first-order valence-corrected chi connectivity index (χ1v) is 7.91. The molecule has 1 aromatic carbocycles. The molecular formula is C14H18ClF4IN2. The molecular weight excluding hydrogens is 435 g/mol. The van der Waals surface area contributed by atoms with Crippen molar-refractivity contribution in [2.45, 2.75) is 25.1 Å². The molecule has 1 aliphatic rings. The molecule has 0 aliphatic carbocycles. The number of nitrogens with one attached hydrogen (secondary N) is 1. The van der Waals surface area contributed by atoms with E-state index in [1.165, 1.54) is 6.07 Å². The summed E-state index contributed by atoms with van der Waals surface area (Å²) in [5.41, 5.74) is 0.369. The molecule has 22 heavy (non-hydrogen) atoms. The summed E-state index contributed by atoms with van der Waals surface area (Å²) in [7, 11) is 0. The third-order valence-electron chi connectivity index (χ3n) is 3.61. The van der Waals surface area contributed by atoms with Gasteiger partial charge < -0.3 is 5.32 Å². The van der Waals surface area contributed by atoms with Crippen molar-refractivity contribution in [3.05, 3.63) is 33.1 Å². The van der Waals surface area contributed by atoms with Crippen LogP contribution in [0.2, 0.25) is 0 Å². The molecule has 1 saturated heterocycles. The van der Waals surface area contributed by atoms with Crippen molar-refractivity contribution in [1.82, 2.24) is 10.2 Å². The molecule has 1 aliphatic heterocycles. The van der Waals surface area contributed by atoms with Crippen LogP contribution in [0.25, 0.3) is 0 Å². The van der Waals surface area contributed by atoms with E-state index >= 15 is 0 Å². The molecule has 0 saturated carbocycles. The largest absolute Gasteiger partial charge is 0.389 e. The van der Waals surface area contributed by atoms with E-state index in [2.05, 4.69) is 27.9 Å². The minimum absolute atomic E-state index is 0. The highest BCUT2D eigenvalue weighted by Gasteiger charge is 2.32. The Hall–Kier alpha value is -0.120. The van der Waals surface area contributed by atoms with Crippen LogP contribution in [-0.2, 0) is 0 Å². The number of hydrogen-bond acceptors (Lipinski definition) is 2. The molecule has 1 aromatic rings. The van der Waals surface area contributed by atoms with Crippen molar-refractivity contribution in [3.8, 4) is 0 Å². The Kier molecular flexibility index (Phi) is 7.84. The summed E-state index contributed by atoms with van der Waals surface area (Å²) < 4.78 is 52.6. The minimum Gasteiger partial charge on any atom is -0.314 e.